The van der Waals surface area contributed by atoms with E-state index in [9.17, 15) is 8.78 Å². The summed E-state index contributed by atoms with van der Waals surface area (Å²) in [6, 6.07) is 3.82. The minimum absolute atomic E-state index is 0.0371. The van der Waals surface area contributed by atoms with Gasteiger partial charge in [-0.1, -0.05) is 13.0 Å². The highest BCUT2D eigenvalue weighted by Crippen LogP contribution is 2.19. The average Bonchev–Trinajstić information content (AvgIpc) is 2.08. The first-order chi connectivity index (χ1) is 6.02. The average molecular weight is 185 g/mol. The van der Waals surface area contributed by atoms with Crippen molar-refractivity contribution < 1.29 is 8.78 Å². The molecular formula is C10H13F2N. The summed E-state index contributed by atoms with van der Waals surface area (Å²) in [6.07, 6.45) is 0. The first kappa shape index (κ1) is 10.1. The van der Waals surface area contributed by atoms with Crippen LogP contribution >= 0.6 is 0 Å². The van der Waals surface area contributed by atoms with Crippen LogP contribution in [0.3, 0.4) is 0 Å². The van der Waals surface area contributed by atoms with Crippen LogP contribution in [0, 0.1) is 11.6 Å². The summed E-state index contributed by atoms with van der Waals surface area (Å²) in [4.78, 5) is 0. The van der Waals surface area contributed by atoms with Gasteiger partial charge in [0.15, 0.2) is 11.6 Å². The van der Waals surface area contributed by atoms with Crippen LogP contribution in [-0.2, 0) is 0 Å². The Labute approximate surface area is 76.6 Å². The lowest BCUT2D eigenvalue weighted by atomic mass is 9.95. The fourth-order valence-electron chi connectivity index (χ4n) is 1.10. The highest BCUT2D eigenvalue weighted by atomic mass is 19.2. The van der Waals surface area contributed by atoms with E-state index in [-0.39, 0.29) is 12.0 Å². The van der Waals surface area contributed by atoms with Gasteiger partial charge in [0.2, 0.25) is 0 Å². The molecule has 1 nitrogen and oxygen atoms in total. The van der Waals surface area contributed by atoms with Gasteiger partial charge in [0.05, 0.1) is 0 Å². The molecule has 2 atom stereocenters. The van der Waals surface area contributed by atoms with Crippen molar-refractivity contribution in [2.45, 2.75) is 25.8 Å². The van der Waals surface area contributed by atoms with Gasteiger partial charge in [-0.15, -0.1) is 0 Å². The topological polar surface area (TPSA) is 26.0 Å². The molecule has 0 fully saturated rings. The van der Waals surface area contributed by atoms with Crippen molar-refractivity contribution in [1.82, 2.24) is 0 Å². The lowest BCUT2D eigenvalue weighted by Gasteiger charge is -2.15. The zero-order valence-corrected chi connectivity index (χ0v) is 7.72. The molecule has 0 saturated carbocycles. The lowest BCUT2D eigenvalue weighted by molar-refractivity contribution is 0.503. The molecule has 0 aromatic heterocycles. The van der Waals surface area contributed by atoms with Crippen LogP contribution in [0.25, 0.3) is 0 Å². The van der Waals surface area contributed by atoms with Crippen molar-refractivity contribution in [2.24, 2.45) is 5.73 Å². The molecule has 0 aliphatic rings. The minimum Gasteiger partial charge on any atom is -0.327 e. The summed E-state index contributed by atoms with van der Waals surface area (Å²) in [6.45, 7) is 3.73. The predicted octanol–water partition coefficient (Wildman–Crippen LogP) is 2.42. The van der Waals surface area contributed by atoms with E-state index >= 15 is 0 Å². The van der Waals surface area contributed by atoms with E-state index in [4.69, 9.17) is 5.73 Å². The van der Waals surface area contributed by atoms with Crippen molar-refractivity contribution in [3.63, 3.8) is 0 Å². The standard InChI is InChI=1S/C10H13F2N/c1-6(7(2)13)8-3-4-9(11)10(12)5-8/h3-7H,13H2,1-2H3. The Morgan fingerprint density at radius 1 is 1.15 bits per heavy atom. The Hall–Kier alpha value is -0.960. The summed E-state index contributed by atoms with van der Waals surface area (Å²) in [5.41, 5.74) is 6.37. The van der Waals surface area contributed by atoms with E-state index in [2.05, 4.69) is 0 Å². The van der Waals surface area contributed by atoms with Crippen molar-refractivity contribution in [3.8, 4) is 0 Å². The molecule has 2 N–H and O–H groups in total. The molecule has 0 amide bonds. The van der Waals surface area contributed by atoms with Crippen LogP contribution in [0.4, 0.5) is 8.78 Å². The molecule has 0 aliphatic heterocycles. The maximum Gasteiger partial charge on any atom is 0.159 e. The van der Waals surface area contributed by atoms with Crippen molar-refractivity contribution >= 4 is 0 Å². The zero-order chi connectivity index (χ0) is 10.0. The summed E-state index contributed by atoms with van der Waals surface area (Å²) in [5.74, 6) is -1.60. The van der Waals surface area contributed by atoms with Gasteiger partial charge in [0.1, 0.15) is 0 Å². The van der Waals surface area contributed by atoms with Crippen LogP contribution in [-0.4, -0.2) is 6.04 Å². The third-order valence-electron chi connectivity index (χ3n) is 2.26. The molecule has 1 rings (SSSR count). The minimum atomic E-state index is -0.819. The van der Waals surface area contributed by atoms with Gasteiger partial charge in [-0.05, 0) is 30.5 Å². The van der Waals surface area contributed by atoms with Crippen molar-refractivity contribution in [1.29, 1.82) is 0 Å². The number of rotatable bonds is 2. The molecule has 0 aliphatic carbocycles. The van der Waals surface area contributed by atoms with Gasteiger partial charge in [-0.2, -0.15) is 0 Å². The fraction of sp³-hybridized carbons (Fsp3) is 0.400. The Bertz CT molecular complexity index is 297. The number of hydrogen-bond donors (Lipinski definition) is 1. The smallest absolute Gasteiger partial charge is 0.159 e. The quantitative estimate of drug-likeness (QED) is 0.752. The van der Waals surface area contributed by atoms with Gasteiger partial charge in [-0.25, -0.2) is 8.78 Å². The molecule has 0 heterocycles. The monoisotopic (exact) mass is 185 g/mol. The molecule has 0 saturated heterocycles. The number of benzene rings is 1. The van der Waals surface area contributed by atoms with Gasteiger partial charge in [0, 0.05) is 6.04 Å². The molecule has 0 bridgehead atoms. The van der Waals surface area contributed by atoms with Crippen LogP contribution in [0.5, 0.6) is 0 Å². The van der Waals surface area contributed by atoms with Crippen molar-refractivity contribution in [2.75, 3.05) is 0 Å². The van der Waals surface area contributed by atoms with Gasteiger partial charge < -0.3 is 5.73 Å². The molecular weight excluding hydrogens is 172 g/mol. The van der Waals surface area contributed by atoms with E-state index in [0.717, 1.165) is 11.6 Å². The third kappa shape index (κ3) is 2.25. The molecule has 1 aromatic rings. The normalized spacial score (nSPS) is 15.5. The van der Waals surface area contributed by atoms with E-state index in [0.29, 0.717) is 0 Å². The number of nitrogens with two attached hydrogens (primary N) is 1. The molecule has 0 spiro atoms. The van der Waals surface area contributed by atoms with Crippen LogP contribution < -0.4 is 5.73 Å². The SMILES string of the molecule is CC(N)C(C)c1ccc(F)c(F)c1. The van der Waals surface area contributed by atoms with E-state index < -0.39 is 11.6 Å². The highest BCUT2D eigenvalue weighted by molar-refractivity contribution is 5.22. The highest BCUT2D eigenvalue weighted by Gasteiger charge is 2.12. The van der Waals surface area contributed by atoms with E-state index in [1.54, 1.807) is 6.07 Å². The fourth-order valence-corrected chi connectivity index (χ4v) is 1.10. The lowest BCUT2D eigenvalue weighted by Crippen LogP contribution is -2.22. The van der Waals surface area contributed by atoms with E-state index in [1.165, 1.54) is 6.07 Å². The summed E-state index contributed by atoms with van der Waals surface area (Å²) in [5, 5.41) is 0. The molecule has 0 radical (unpaired) electrons. The van der Waals surface area contributed by atoms with Gasteiger partial charge >= 0.3 is 0 Å². The molecule has 13 heavy (non-hydrogen) atoms. The Balaban J connectivity index is 2.97. The maximum absolute atomic E-state index is 12.8. The summed E-state index contributed by atoms with van der Waals surface area (Å²) >= 11 is 0. The van der Waals surface area contributed by atoms with Gasteiger partial charge in [0.25, 0.3) is 0 Å². The Kier molecular flexibility index (Phi) is 2.98. The van der Waals surface area contributed by atoms with Crippen LogP contribution in [0.2, 0.25) is 0 Å². The molecule has 3 heteroatoms. The largest absolute Gasteiger partial charge is 0.327 e. The zero-order valence-electron chi connectivity index (χ0n) is 7.72. The number of halogens is 2. The first-order valence-electron chi connectivity index (χ1n) is 4.23. The number of hydrogen-bond acceptors (Lipinski definition) is 1. The second-order valence-electron chi connectivity index (χ2n) is 3.32. The first-order valence-corrected chi connectivity index (χ1v) is 4.23. The van der Waals surface area contributed by atoms with Crippen molar-refractivity contribution in [3.05, 3.63) is 35.4 Å². The molecule has 72 valence electrons. The van der Waals surface area contributed by atoms with Crippen LogP contribution in [0.15, 0.2) is 18.2 Å². The van der Waals surface area contributed by atoms with Crippen LogP contribution in [0.1, 0.15) is 25.3 Å². The Morgan fingerprint density at radius 2 is 1.77 bits per heavy atom. The predicted molar refractivity (Wildman–Crippen MR) is 48.4 cm³/mol. The second-order valence-corrected chi connectivity index (χ2v) is 3.32. The third-order valence-corrected chi connectivity index (χ3v) is 2.26. The maximum atomic E-state index is 12.8. The molecule has 1 aromatic carbocycles. The Morgan fingerprint density at radius 3 is 2.23 bits per heavy atom. The molecule has 2 unspecified atom stereocenters. The second kappa shape index (κ2) is 3.83. The summed E-state index contributed by atoms with van der Waals surface area (Å²) in [7, 11) is 0. The van der Waals surface area contributed by atoms with Gasteiger partial charge in [-0.3, -0.25) is 0 Å². The summed E-state index contributed by atoms with van der Waals surface area (Å²) < 4.78 is 25.3. The van der Waals surface area contributed by atoms with E-state index in [1.807, 2.05) is 13.8 Å².